The van der Waals surface area contributed by atoms with Gasteiger partial charge in [-0.25, -0.2) is 4.99 Å². The number of ether oxygens (including phenoxy) is 1. The third-order valence-electron chi connectivity index (χ3n) is 5.92. The van der Waals surface area contributed by atoms with E-state index in [4.69, 9.17) is 4.74 Å². The number of anilines is 1. The Bertz CT molecular complexity index is 1070. The number of hydrogen-bond donors (Lipinski definition) is 1. The van der Waals surface area contributed by atoms with E-state index in [0.717, 1.165) is 49.9 Å². The van der Waals surface area contributed by atoms with Gasteiger partial charge >= 0.3 is 0 Å². The molecule has 3 aliphatic rings. The van der Waals surface area contributed by atoms with Crippen LogP contribution in [0.5, 0.6) is 5.75 Å². The largest absolute Gasteiger partial charge is 0.481 e. The first-order valence-electron chi connectivity index (χ1n) is 10.9. The predicted molar refractivity (Wildman–Crippen MR) is 117 cm³/mol. The normalized spacial score (nSPS) is 21.6. The molecule has 1 aromatic heterocycles. The summed E-state index contributed by atoms with van der Waals surface area (Å²) in [7, 11) is 0. The van der Waals surface area contributed by atoms with Crippen LogP contribution in [0.3, 0.4) is 0 Å². The molecule has 2 amide bonds. The Morgan fingerprint density at radius 1 is 1.16 bits per heavy atom. The molecule has 1 aliphatic heterocycles. The predicted octanol–water partition coefficient (Wildman–Crippen LogP) is 3.54. The van der Waals surface area contributed by atoms with Crippen molar-refractivity contribution in [3.8, 4) is 5.75 Å². The molecule has 2 saturated carbocycles. The van der Waals surface area contributed by atoms with Crippen LogP contribution in [0.1, 0.15) is 57.1 Å². The molecule has 2 heterocycles. The number of carbonyl (C=O) groups is 2. The van der Waals surface area contributed by atoms with Gasteiger partial charge in [-0.2, -0.15) is 14.8 Å². The summed E-state index contributed by atoms with van der Waals surface area (Å²) in [5.41, 5.74) is 1.76. The minimum atomic E-state index is -0.709. The summed E-state index contributed by atoms with van der Waals surface area (Å²) >= 11 is 0. The summed E-state index contributed by atoms with van der Waals surface area (Å²) in [5, 5.41) is 7.53. The lowest BCUT2D eigenvalue weighted by Crippen LogP contribution is -2.35. The van der Waals surface area contributed by atoms with Crippen LogP contribution >= 0.6 is 0 Å². The van der Waals surface area contributed by atoms with Gasteiger partial charge in [0, 0.05) is 17.7 Å². The molecule has 2 unspecified atom stereocenters. The minimum Gasteiger partial charge on any atom is -0.481 e. The Morgan fingerprint density at radius 2 is 1.97 bits per heavy atom. The van der Waals surface area contributed by atoms with E-state index in [1.54, 1.807) is 19.1 Å². The number of amides is 2. The Hall–Kier alpha value is -3.29. The van der Waals surface area contributed by atoms with E-state index >= 15 is 0 Å². The van der Waals surface area contributed by atoms with Gasteiger partial charge in [0.1, 0.15) is 11.6 Å². The van der Waals surface area contributed by atoms with Gasteiger partial charge in [-0.3, -0.25) is 9.59 Å². The standard InChI is InChI=1S/C23H25N5O3/c1-14(31-16-7-3-2-4-8-16)21(29)25-20-13-19(15-11-12-15)27-28(20)23-24-18-10-6-5-9-17(18)22(30)26-23/h2-4,7-8,13-15,17H,5-6,9-12H2,1H3,(H,25,29). The van der Waals surface area contributed by atoms with Crippen molar-refractivity contribution in [2.24, 2.45) is 15.9 Å². The SMILES string of the molecule is CC(Oc1ccccc1)C(=O)Nc1cc(C2CC2)nn1C1=NC(=O)C2CCCCC2=N1. The molecule has 8 heteroatoms. The highest BCUT2D eigenvalue weighted by atomic mass is 16.5. The molecule has 160 valence electrons. The second-order valence-electron chi connectivity index (χ2n) is 8.35. The molecule has 5 rings (SSSR count). The second-order valence-corrected chi connectivity index (χ2v) is 8.35. The average molecular weight is 419 g/mol. The zero-order chi connectivity index (χ0) is 21.4. The Morgan fingerprint density at radius 3 is 2.74 bits per heavy atom. The second kappa shape index (κ2) is 8.09. The molecule has 0 saturated heterocycles. The summed E-state index contributed by atoms with van der Waals surface area (Å²) in [6, 6.07) is 11.1. The Kier molecular flexibility index (Phi) is 5.13. The summed E-state index contributed by atoms with van der Waals surface area (Å²) < 4.78 is 7.23. The van der Waals surface area contributed by atoms with Crippen molar-refractivity contribution >= 4 is 29.3 Å². The maximum Gasteiger partial charge on any atom is 0.266 e. The lowest BCUT2D eigenvalue weighted by molar-refractivity contribution is -0.122. The van der Waals surface area contributed by atoms with Crippen molar-refractivity contribution in [1.82, 2.24) is 9.78 Å². The van der Waals surface area contributed by atoms with Crippen LogP contribution < -0.4 is 10.1 Å². The molecule has 0 radical (unpaired) electrons. The van der Waals surface area contributed by atoms with Crippen LogP contribution in [-0.4, -0.2) is 39.4 Å². The minimum absolute atomic E-state index is 0.166. The van der Waals surface area contributed by atoms with Gasteiger partial charge in [0.05, 0.1) is 11.6 Å². The van der Waals surface area contributed by atoms with E-state index in [0.29, 0.717) is 17.5 Å². The fraction of sp³-hybridized carbons (Fsp3) is 0.435. The van der Waals surface area contributed by atoms with E-state index < -0.39 is 6.10 Å². The van der Waals surface area contributed by atoms with E-state index in [-0.39, 0.29) is 23.7 Å². The highest BCUT2D eigenvalue weighted by Crippen LogP contribution is 2.40. The zero-order valence-corrected chi connectivity index (χ0v) is 17.5. The summed E-state index contributed by atoms with van der Waals surface area (Å²) in [6.07, 6.45) is 5.09. The van der Waals surface area contributed by atoms with Crippen molar-refractivity contribution in [2.45, 2.75) is 57.5 Å². The number of aliphatic imine (C=N–C) groups is 2. The molecular formula is C23H25N5O3. The maximum absolute atomic E-state index is 12.8. The lowest BCUT2D eigenvalue weighted by Gasteiger charge is -2.24. The molecule has 2 fully saturated rings. The van der Waals surface area contributed by atoms with E-state index in [1.807, 2.05) is 24.3 Å². The topological polar surface area (TPSA) is 97.9 Å². The van der Waals surface area contributed by atoms with Gasteiger partial charge in [0.25, 0.3) is 17.8 Å². The molecule has 2 aromatic rings. The molecule has 2 atom stereocenters. The van der Waals surface area contributed by atoms with Gasteiger partial charge in [-0.1, -0.05) is 24.6 Å². The van der Waals surface area contributed by atoms with Gasteiger partial charge in [-0.05, 0) is 51.2 Å². The molecule has 2 aliphatic carbocycles. The molecule has 0 bridgehead atoms. The highest BCUT2D eigenvalue weighted by molar-refractivity contribution is 6.16. The molecule has 1 aromatic carbocycles. The number of fused-ring (bicyclic) bond motifs is 1. The average Bonchev–Trinajstić information content (AvgIpc) is 3.55. The van der Waals surface area contributed by atoms with Gasteiger partial charge in [-0.15, -0.1) is 0 Å². The van der Waals surface area contributed by atoms with Crippen LogP contribution in [0.2, 0.25) is 0 Å². The highest BCUT2D eigenvalue weighted by Gasteiger charge is 2.34. The van der Waals surface area contributed by atoms with Crippen LogP contribution in [0, 0.1) is 5.92 Å². The molecule has 0 spiro atoms. The van der Waals surface area contributed by atoms with E-state index in [1.165, 1.54) is 4.68 Å². The maximum atomic E-state index is 12.8. The third-order valence-corrected chi connectivity index (χ3v) is 5.92. The fourth-order valence-electron chi connectivity index (χ4n) is 4.02. The zero-order valence-electron chi connectivity index (χ0n) is 17.5. The quantitative estimate of drug-likeness (QED) is 0.801. The summed E-state index contributed by atoms with van der Waals surface area (Å²) in [6.45, 7) is 1.69. The van der Waals surface area contributed by atoms with Gasteiger partial charge < -0.3 is 10.1 Å². The first-order valence-corrected chi connectivity index (χ1v) is 10.9. The van der Waals surface area contributed by atoms with Crippen molar-refractivity contribution in [3.63, 3.8) is 0 Å². The van der Waals surface area contributed by atoms with Crippen molar-refractivity contribution in [3.05, 3.63) is 42.1 Å². The summed E-state index contributed by atoms with van der Waals surface area (Å²) in [5.74, 6) is 1.02. The van der Waals surface area contributed by atoms with Gasteiger partial charge in [0.2, 0.25) is 0 Å². The number of nitrogens with one attached hydrogen (secondary N) is 1. The van der Waals surface area contributed by atoms with E-state index in [2.05, 4.69) is 20.4 Å². The van der Waals surface area contributed by atoms with Crippen LogP contribution in [-0.2, 0) is 9.59 Å². The van der Waals surface area contributed by atoms with Gasteiger partial charge in [0.15, 0.2) is 6.10 Å². The molecule has 1 N–H and O–H groups in total. The lowest BCUT2D eigenvalue weighted by atomic mass is 9.86. The van der Waals surface area contributed by atoms with E-state index in [9.17, 15) is 9.59 Å². The van der Waals surface area contributed by atoms with Crippen LogP contribution in [0.4, 0.5) is 5.82 Å². The Labute approximate surface area is 180 Å². The summed E-state index contributed by atoms with van der Waals surface area (Å²) in [4.78, 5) is 34.3. The fourth-order valence-corrected chi connectivity index (χ4v) is 4.02. The third kappa shape index (κ3) is 4.15. The number of carbonyl (C=O) groups excluding carboxylic acids is 2. The number of aromatic nitrogens is 2. The monoisotopic (exact) mass is 419 g/mol. The smallest absolute Gasteiger partial charge is 0.266 e. The number of rotatable bonds is 5. The molecule has 8 nitrogen and oxygen atoms in total. The number of benzene rings is 1. The Balaban J connectivity index is 1.40. The van der Waals surface area contributed by atoms with Crippen molar-refractivity contribution in [1.29, 1.82) is 0 Å². The number of nitrogens with zero attached hydrogens (tertiary/aromatic N) is 4. The molecular weight excluding hydrogens is 394 g/mol. The van der Waals surface area contributed by atoms with Crippen molar-refractivity contribution in [2.75, 3.05) is 5.32 Å². The molecule has 31 heavy (non-hydrogen) atoms. The number of para-hydroxylation sites is 1. The first kappa shape index (κ1) is 19.7. The first-order chi connectivity index (χ1) is 15.1. The van der Waals surface area contributed by atoms with Crippen LogP contribution in [0.25, 0.3) is 0 Å². The van der Waals surface area contributed by atoms with Crippen molar-refractivity contribution < 1.29 is 14.3 Å². The van der Waals surface area contributed by atoms with Crippen LogP contribution in [0.15, 0.2) is 46.4 Å². The number of hydrogen-bond acceptors (Lipinski definition) is 5.